The Morgan fingerprint density at radius 3 is 2.15 bits per heavy atom. The molecule has 26 heavy (non-hydrogen) atoms. The third kappa shape index (κ3) is 5.30. The Kier molecular flexibility index (Phi) is 6.81. The van der Waals surface area contributed by atoms with Gasteiger partial charge in [-0.15, -0.1) is 0 Å². The quantitative estimate of drug-likeness (QED) is 0.784. The van der Waals surface area contributed by atoms with Gasteiger partial charge in [0.05, 0.1) is 10.9 Å². The fourth-order valence-corrected chi connectivity index (χ4v) is 3.85. The number of hydrogen-bond donors (Lipinski definition) is 1. The molecule has 140 valence electrons. The summed E-state index contributed by atoms with van der Waals surface area (Å²) in [6, 6.07) is 12.9. The molecule has 1 atom stereocenters. The van der Waals surface area contributed by atoms with Crippen molar-refractivity contribution in [3.05, 3.63) is 64.7 Å². The second-order valence-electron chi connectivity index (χ2n) is 6.16. The standard InChI is InChI=1S/C19H23ClN2O3S/c1-4-15-5-7-16(8-6-15)13-22(3)19(23)14(2)21-26(24,25)18-11-9-17(20)10-12-18/h5-12,14,21H,4,13H2,1-3H3/t14-/m0/s1. The van der Waals surface area contributed by atoms with E-state index in [1.165, 1.54) is 41.7 Å². The van der Waals surface area contributed by atoms with Crippen LogP contribution in [0, 0.1) is 0 Å². The van der Waals surface area contributed by atoms with Gasteiger partial charge in [-0.3, -0.25) is 4.79 Å². The summed E-state index contributed by atoms with van der Waals surface area (Å²) in [6.45, 7) is 4.03. The number of halogens is 1. The van der Waals surface area contributed by atoms with Crippen LogP contribution in [0.2, 0.25) is 5.02 Å². The van der Waals surface area contributed by atoms with Crippen LogP contribution in [0.5, 0.6) is 0 Å². The number of benzene rings is 2. The van der Waals surface area contributed by atoms with Crippen LogP contribution in [-0.4, -0.2) is 32.3 Å². The molecule has 5 nitrogen and oxygen atoms in total. The number of carbonyl (C=O) groups is 1. The van der Waals surface area contributed by atoms with Crippen LogP contribution < -0.4 is 4.72 Å². The third-order valence-corrected chi connectivity index (χ3v) is 5.86. The minimum absolute atomic E-state index is 0.0688. The summed E-state index contributed by atoms with van der Waals surface area (Å²) >= 11 is 5.78. The van der Waals surface area contributed by atoms with Gasteiger partial charge < -0.3 is 4.90 Å². The summed E-state index contributed by atoms with van der Waals surface area (Å²) in [5.74, 6) is -0.304. The average Bonchev–Trinajstić information content (AvgIpc) is 2.61. The van der Waals surface area contributed by atoms with E-state index in [4.69, 9.17) is 11.6 Å². The lowest BCUT2D eigenvalue weighted by molar-refractivity contribution is -0.131. The normalized spacial score (nSPS) is 12.6. The molecule has 2 aromatic rings. The van der Waals surface area contributed by atoms with E-state index in [1.54, 1.807) is 7.05 Å². The lowest BCUT2D eigenvalue weighted by atomic mass is 10.1. The van der Waals surface area contributed by atoms with Crippen molar-refractivity contribution in [3.8, 4) is 0 Å². The first-order chi connectivity index (χ1) is 12.2. The van der Waals surface area contributed by atoms with Gasteiger partial charge in [0.2, 0.25) is 15.9 Å². The van der Waals surface area contributed by atoms with Crippen molar-refractivity contribution in [1.82, 2.24) is 9.62 Å². The fourth-order valence-electron chi connectivity index (χ4n) is 2.53. The van der Waals surface area contributed by atoms with Gasteiger partial charge in [-0.1, -0.05) is 42.8 Å². The van der Waals surface area contributed by atoms with Gasteiger partial charge in [-0.2, -0.15) is 4.72 Å². The van der Waals surface area contributed by atoms with Gasteiger partial charge in [0.25, 0.3) is 0 Å². The number of nitrogens with one attached hydrogen (secondary N) is 1. The van der Waals surface area contributed by atoms with E-state index in [0.29, 0.717) is 11.6 Å². The Balaban J connectivity index is 2.02. The molecule has 0 fully saturated rings. The second kappa shape index (κ2) is 8.66. The smallest absolute Gasteiger partial charge is 0.241 e. The maximum Gasteiger partial charge on any atom is 0.241 e. The first-order valence-corrected chi connectivity index (χ1v) is 10.2. The Morgan fingerprint density at radius 1 is 1.08 bits per heavy atom. The van der Waals surface area contributed by atoms with Crippen LogP contribution in [0.4, 0.5) is 0 Å². The van der Waals surface area contributed by atoms with Crippen molar-refractivity contribution in [1.29, 1.82) is 0 Å². The number of aryl methyl sites for hydroxylation is 1. The number of hydrogen-bond acceptors (Lipinski definition) is 3. The molecule has 0 aliphatic rings. The van der Waals surface area contributed by atoms with E-state index in [0.717, 1.165) is 12.0 Å². The maximum atomic E-state index is 12.5. The Labute approximate surface area is 160 Å². The molecule has 2 rings (SSSR count). The molecule has 0 saturated heterocycles. The van der Waals surface area contributed by atoms with Crippen LogP contribution in [0.3, 0.4) is 0 Å². The predicted octanol–water partition coefficient (Wildman–Crippen LogP) is 3.23. The molecular formula is C19H23ClN2O3S. The first-order valence-electron chi connectivity index (χ1n) is 8.33. The molecule has 0 saturated carbocycles. The third-order valence-electron chi connectivity index (χ3n) is 4.05. The van der Waals surface area contributed by atoms with E-state index in [9.17, 15) is 13.2 Å². The molecule has 0 unspecified atom stereocenters. The molecule has 1 amide bonds. The van der Waals surface area contributed by atoms with Gasteiger partial charge in [0, 0.05) is 18.6 Å². The fraction of sp³-hybridized carbons (Fsp3) is 0.316. The molecule has 2 aromatic carbocycles. The number of sulfonamides is 1. The van der Waals surface area contributed by atoms with Crippen LogP contribution in [-0.2, 0) is 27.8 Å². The summed E-state index contributed by atoms with van der Waals surface area (Å²) in [5.41, 5.74) is 2.22. The number of nitrogens with zero attached hydrogens (tertiary/aromatic N) is 1. The van der Waals surface area contributed by atoms with E-state index in [-0.39, 0.29) is 10.8 Å². The van der Waals surface area contributed by atoms with Gasteiger partial charge in [0.1, 0.15) is 0 Å². The average molecular weight is 395 g/mol. The Bertz CT molecular complexity index is 849. The molecule has 0 spiro atoms. The van der Waals surface area contributed by atoms with Crippen LogP contribution >= 0.6 is 11.6 Å². The molecule has 0 bridgehead atoms. The summed E-state index contributed by atoms with van der Waals surface area (Å²) < 4.78 is 27.2. The van der Waals surface area contributed by atoms with Gasteiger partial charge in [-0.05, 0) is 48.7 Å². The highest BCUT2D eigenvalue weighted by Gasteiger charge is 2.24. The topological polar surface area (TPSA) is 66.5 Å². The Morgan fingerprint density at radius 2 is 1.62 bits per heavy atom. The van der Waals surface area contributed by atoms with E-state index in [1.807, 2.05) is 24.3 Å². The zero-order chi connectivity index (χ0) is 19.3. The number of likely N-dealkylation sites (N-methyl/N-ethyl adjacent to an activating group) is 1. The van der Waals surface area contributed by atoms with E-state index in [2.05, 4.69) is 11.6 Å². The molecule has 1 N–H and O–H groups in total. The minimum Gasteiger partial charge on any atom is -0.340 e. The summed E-state index contributed by atoms with van der Waals surface area (Å²) in [6.07, 6.45) is 0.957. The molecular weight excluding hydrogens is 372 g/mol. The number of rotatable bonds is 7. The first kappa shape index (κ1) is 20.4. The van der Waals surface area contributed by atoms with E-state index >= 15 is 0 Å². The Hall–Kier alpha value is -1.89. The van der Waals surface area contributed by atoms with Gasteiger partial charge in [0.15, 0.2) is 0 Å². The van der Waals surface area contributed by atoms with Gasteiger partial charge in [-0.25, -0.2) is 8.42 Å². The van der Waals surface area contributed by atoms with Crippen LogP contribution in [0.15, 0.2) is 53.4 Å². The van der Waals surface area contributed by atoms with Gasteiger partial charge >= 0.3 is 0 Å². The van der Waals surface area contributed by atoms with Crippen molar-refractivity contribution in [2.45, 2.75) is 37.8 Å². The maximum absolute atomic E-state index is 12.5. The lowest BCUT2D eigenvalue weighted by Crippen LogP contribution is -2.45. The molecule has 0 aliphatic heterocycles. The predicted molar refractivity (Wildman–Crippen MR) is 104 cm³/mol. The van der Waals surface area contributed by atoms with Crippen molar-refractivity contribution in [3.63, 3.8) is 0 Å². The highest BCUT2D eigenvalue weighted by Crippen LogP contribution is 2.15. The number of carbonyl (C=O) groups excluding carboxylic acids is 1. The van der Waals surface area contributed by atoms with E-state index < -0.39 is 16.1 Å². The van der Waals surface area contributed by atoms with Crippen molar-refractivity contribution in [2.24, 2.45) is 0 Å². The largest absolute Gasteiger partial charge is 0.340 e. The molecule has 0 radical (unpaired) electrons. The number of amides is 1. The van der Waals surface area contributed by atoms with Crippen LogP contribution in [0.1, 0.15) is 25.0 Å². The zero-order valence-corrected chi connectivity index (χ0v) is 16.6. The highest BCUT2D eigenvalue weighted by molar-refractivity contribution is 7.89. The van der Waals surface area contributed by atoms with Crippen molar-refractivity contribution in [2.75, 3.05) is 7.05 Å². The van der Waals surface area contributed by atoms with Crippen molar-refractivity contribution >= 4 is 27.5 Å². The second-order valence-corrected chi connectivity index (χ2v) is 8.31. The molecule has 0 heterocycles. The molecule has 0 aromatic heterocycles. The molecule has 7 heteroatoms. The zero-order valence-electron chi connectivity index (χ0n) is 15.1. The minimum atomic E-state index is -3.79. The summed E-state index contributed by atoms with van der Waals surface area (Å²) in [5, 5.41) is 0.446. The highest BCUT2D eigenvalue weighted by atomic mass is 35.5. The molecule has 0 aliphatic carbocycles. The monoisotopic (exact) mass is 394 g/mol. The lowest BCUT2D eigenvalue weighted by Gasteiger charge is -2.22. The summed E-state index contributed by atoms with van der Waals surface area (Å²) in [7, 11) is -2.14. The SMILES string of the molecule is CCc1ccc(CN(C)C(=O)[C@H](C)NS(=O)(=O)c2ccc(Cl)cc2)cc1. The van der Waals surface area contributed by atoms with Crippen LogP contribution in [0.25, 0.3) is 0 Å². The summed E-state index contributed by atoms with van der Waals surface area (Å²) in [4.78, 5) is 14.1. The van der Waals surface area contributed by atoms with Crippen molar-refractivity contribution < 1.29 is 13.2 Å².